The summed E-state index contributed by atoms with van der Waals surface area (Å²) in [4.78, 5) is 96.9. The number of hydrogen-bond donors (Lipinski definition) is 5. The van der Waals surface area contributed by atoms with E-state index in [1.807, 2.05) is 6.07 Å². The molecule has 5 unspecified atom stereocenters. The number of nitrogens with one attached hydrogen (secondary N) is 2. The van der Waals surface area contributed by atoms with Crippen molar-refractivity contribution < 1.29 is 77.3 Å². The maximum Gasteiger partial charge on any atom is 0.328 e. The van der Waals surface area contributed by atoms with Crippen LogP contribution >= 0.6 is 0 Å². The zero-order valence-corrected chi connectivity index (χ0v) is 66.5. The number of benzene rings is 1. The predicted octanol–water partition coefficient (Wildman–Crippen LogP) is 20.0. The predicted molar refractivity (Wildman–Crippen MR) is 416 cm³/mol. The first kappa shape index (κ1) is 95.4. The quantitative estimate of drug-likeness (QED) is 0.0231. The van der Waals surface area contributed by atoms with Gasteiger partial charge in [0.15, 0.2) is 18.4 Å². The molecule has 1 aromatic rings. The van der Waals surface area contributed by atoms with Crippen LogP contribution in [0, 0.1) is 0 Å². The highest BCUT2D eigenvalue weighted by Crippen LogP contribution is 2.28. The van der Waals surface area contributed by atoms with E-state index in [9.17, 15) is 48.9 Å². The lowest BCUT2D eigenvalue weighted by Crippen LogP contribution is -2.66. The first-order valence-corrected chi connectivity index (χ1v) is 42.9. The number of ether oxygens (including phenoxy) is 6. The Bertz CT molecular complexity index is 2270. The number of esters is 4. The zero-order chi connectivity index (χ0) is 75.7. The largest absolute Gasteiger partial charge is 0.480 e. The van der Waals surface area contributed by atoms with Gasteiger partial charge in [-0.25, -0.2) is 4.79 Å². The molecule has 1 aliphatic heterocycles. The monoisotopic (exact) mass is 1470 g/mol. The first-order valence-electron chi connectivity index (χ1n) is 42.9. The van der Waals surface area contributed by atoms with Crippen LogP contribution in [-0.4, -0.2) is 125 Å². The fourth-order valence-corrected chi connectivity index (χ4v) is 14.0. The number of unbranched alkanes of at least 4 members (excludes halogenated alkanes) is 41. The van der Waals surface area contributed by atoms with Crippen LogP contribution in [0.5, 0.6) is 0 Å². The zero-order valence-electron chi connectivity index (χ0n) is 66.5. The van der Waals surface area contributed by atoms with E-state index in [1.54, 1.807) is 0 Å². The molecule has 5 N–H and O–H groups in total. The minimum atomic E-state index is -1.77. The van der Waals surface area contributed by atoms with E-state index >= 15 is 0 Å². The van der Waals surface area contributed by atoms with Crippen molar-refractivity contribution in [1.29, 1.82) is 0 Å². The number of hydrogen-bond acceptors (Lipinski definition) is 15. The van der Waals surface area contributed by atoms with E-state index < -0.39 is 110 Å². The number of carboxylic acids is 1. The fraction of sp³-hybridized carbons (Fsp3) is 0.849. The van der Waals surface area contributed by atoms with Crippen LogP contribution in [0.25, 0.3) is 0 Å². The van der Waals surface area contributed by atoms with Gasteiger partial charge in [0.2, 0.25) is 11.8 Å². The van der Waals surface area contributed by atoms with E-state index in [0.717, 1.165) is 180 Å². The number of aliphatic carboxylic acids is 1. The lowest BCUT2D eigenvalue weighted by atomic mass is 9.96. The van der Waals surface area contributed by atoms with Gasteiger partial charge >= 0.3 is 29.8 Å². The molecule has 0 radical (unpaired) electrons. The van der Waals surface area contributed by atoms with E-state index in [2.05, 4.69) is 69.5 Å². The van der Waals surface area contributed by atoms with Crippen LogP contribution in [0.2, 0.25) is 0 Å². The molecule has 2 amide bonds. The summed E-state index contributed by atoms with van der Waals surface area (Å²) in [5.74, 6) is -4.95. The average Bonchev–Trinajstić information content (AvgIpc) is 0.793. The highest BCUT2D eigenvalue weighted by molar-refractivity contribution is 5.84. The molecule has 0 saturated carbocycles. The lowest BCUT2D eigenvalue weighted by Gasteiger charge is -2.44. The van der Waals surface area contributed by atoms with Gasteiger partial charge in [0, 0.05) is 19.3 Å². The van der Waals surface area contributed by atoms with Crippen molar-refractivity contribution in [2.45, 2.75) is 456 Å². The molecule has 1 fully saturated rings. The second kappa shape index (κ2) is 66.5. The van der Waals surface area contributed by atoms with Crippen molar-refractivity contribution in [1.82, 2.24) is 10.6 Å². The second-order valence-corrected chi connectivity index (χ2v) is 30.2. The van der Waals surface area contributed by atoms with Gasteiger partial charge < -0.3 is 54.4 Å². The second-order valence-electron chi connectivity index (χ2n) is 30.2. The van der Waals surface area contributed by atoms with Gasteiger partial charge in [-0.2, -0.15) is 0 Å². The maximum absolute atomic E-state index is 14.7. The Morgan fingerprint density at radius 1 is 0.423 bits per heavy atom. The van der Waals surface area contributed by atoms with E-state index in [4.69, 9.17) is 28.4 Å². The number of rotatable bonds is 72. The molecule has 1 aromatic carbocycles. The van der Waals surface area contributed by atoms with Gasteiger partial charge in [0.25, 0.3) is 0 Å². The molecule has 1 heterocycles. The smallest absolute Gasteiger partial charge is 0.328 e. The number of aryl methyl sites for hydroxylation is 1. The van der Waals surface area contributed by atoms with Gasteiger partial charge in [-0.3, -0.25) is 28.8 Å². The van der Waals surface area contributed by atoms with Crippen molar-refractivity contribution in [2.24, 2.45) is 0 Å². The molecule has 2 rings (SSSR count). The van der Waals surface area contributed by atoms with Crippen LogP contribution in [0.3, 0.4) is 0 Å². The first-order chi connectivity index (χ1) is 50.7. The Morgan fingerprint density at radius 3 is 1.12 bits per heavy atom. The standard InChI is InChI=1S/C86H152N2O16/c1-6-11-16-21-26-29-34-40-50-59-71(100-78(92)62-53-43-32-24-19-14-9-4)65-76(90)87-74(85(97)98)69-99-86-82(88-77(91)66-72(60-51-41-35-30-27-22-17-12-7-2)101-79(93)63-54-44-33-25-20-15-10-5)84(83(96)75(68-89)103-86)104-81(95)67-73(61-52-42-36-31-28-23-18-13-8-3)102-80(94)64-55-45-38-37-39-47-56-70-57-48-46-49-58-70/h46,48-49,57-58,71-75,82-84,86,89,96H,6-45,47,50-56,59-69H2,1-5H3,(H,87,90)(H,88,91)(H,97,98)/t71-,72-,73-,74+,75?,82?,83?,84?,86?/m1/s1. The van der Waals surface area contributed by atoms with E-state index in [0.29, 0.717) is 57.8 Å². The van der Waals surface area contributed by atoms with Gasteiger partial charge in [0.05, 0.1) is 32.5 Å². The maximum atomic E-state index is 14.7. The third-order valence-corrected chi connectivity index (χ3v) is 20.4. The Balaban J connectivity index is 2.49. The molecule has 18 heteroatoms. The number of carbonyl (C=O) groups is 7. The van der Waals surface area contributed by atoms with Gasteiger partial charge in [-0.15, -0.1) is 0 Å². The minimum absolute atomic E-state index is 0.177. The third kappa shape index (κ3) is 51.6. The third-order valence-electron chi connectivity index (χ3n) is 20.4. The molecule has 602 valence electrons. The normalized spacial score (nSPS) is 17.0. The van der Waals surface area contributed by atoms with Crippen LogP contribution < -0.4 is 10.6 Å². The van der Waals surface area contributed by atoms with Crippen LogP contribution in [-0.2, 0) is 68.4 Å². The number of carboxylic acid groups (broad SMARTS) is 1. The molecule has 1 aliphatic rings. The number of amides is 2. The summed E-state index contributed by atoms with van der Waals surface area (Å²) in [5, 5.41) is 38.9. The van der Waals surface area contributed by atoms with Gasteiger partial charge in [0.1, 0.15) is 36.6 Å². The Hall–Kier alpha value is -4.65. The van der Waals surface area contributed by atoms with E-state index in [1.165, 1.54) is 95.5 Å². The summed E-state index contributed by atoms with van der Waals surface area (Å²) in [7, 11) is 0. The summed E-state index contributed by atoms with van der Waals surface area (Å²) >= 11 is 0. The molecule has 0 spiro atoms. The Labute approximate surface area is 631 Å². The molecular weight excluding hydrogens is 1320 g/mol. The lowest BCUT2D eigenvalue weighted by molar-refractivity contribution is -0.275. The highest BCUT2D eigenvalue weighted by Gasteiger charge is 2.49. The van der Waals surface area contributed by atoms with Crippen LogP contribution in [0.4, 0.5) is 0 Å². The molecule has 0 aliphatic carbocycles. The van der Waals surface area contributed by atoms with Crippen molar-refractivity contribution in [3.63, 3.8) is 0 Å². The summed E-state index contributed by atoms with van der Waals surface area (Å²) in [6.45, 7) is 9.37. The molecule has 0 aromatic heterocycles. The summed E-state index contributed by atoms with van der Waals surface area (Å²) in [5.41, 5.74) is 1.33. The van der Waals surface area contributed by atoms with Crippen molar-refractivity contribution in [2.75, 3.05) is 13.2 Å². The molecule has 18 nitrogen and oxygen atoms in total. The minimum Gasteiger partial charge on any atom is -0.480 e. The molecule has 0 bridgehead atoms. The fourth-order valence-electron chi connectivity index (χ4n) is 14.0. The van der Waals surface area contributed by atoms with Crippen molar-refractivity contribution in [3.8, 4) is 0 Å². The topological polar surface area (TPSA) is 260 Å². The highest BCUT2D eigenvalue weighted by atomic mass is 16.7. The van der Waals surface area contributed by atoms with Crippen molar-refractivity contribution >= 4 is 41.7 Å². The van der Waals surface area contributed by atoms with Gasteiger partial charge in [-0.05, 0) is 76.2 Å². The number of aliphatic hydroxyl groups excluding tert-OH is 2. The Kier molecular flexibility index (Phi) is 61.1. The summed E-state index contributed by atoms with van der Waals surface area (Å²) in [6.07, 6.45) is 41.4. The number of aliphatic hydroxyl groups is 2. The number of carbonyl (C=O) groups excluding carboxylic acids is 6. The molecular formula is C86H152N2O16. The van der Waals surface area contributed by atoms with Crippen molar-refractivity contribution in [3.05, 3.63) is 35.9 Å². The molecule has 104 heavy (non-hydrogen) atoms. The van der Waals surface area contributed by atoms with Crippen LogP contribution in [0.15, 0.2) is 30.3 Å². The summed E-state index contributed by atoms with van der Waals surface area (Å²) in [6, 6.07) is 7.17. The van der Waals surface area contributed by atoms with Crippen LogP contribution in [0.1, 0.15) is 400 Å². The average molecular weight is 1470 g/mol. The molecule has 1 saturated heterocycles. The SMILES string of the molecule is CCCCCCCCCCC[C@H](CC(=O)NC1C(OC[C@H](NC(=O)C[C@@H](CCCCCCCCCCC)OC(=O)CCCCCCCCC)C(=O)O)OC(CO)C(O)C1OC(=O)C[C@@H](CCCCCCCCCCC)OC(=O)CCCCCCCCc1ccccc1)OC(=O)CCCCCCCCC. The molecule has 9 atom stereocenters. The van der Waals surface area contributed by atoms with E-state index in [-0.39, 0.29) is 38.5 Å². The Morgan fingerprint density at radius 2 is 0.760 bits per heavy atom. The van der Waals surface area contributed by atoms with Gasteiger partial charge in [-0.1, -0.05) is 322 Å². The summed E-state index contributed by atoms with van der Waals surface area (Å²) < 4.78 is 36.7.